The number of hydrogen-bond acceptors (Lipinski definition) is 3. The molecule has 0 aliphatic carbocycles. The molecule has 0 saturated carbocycles. The van der Waals surface area contributed by atoms with Crippen LogP contribution >= 0.6 is 0 Å². The Labute approximate surface area is 96.0 Å². The van der Waals surface area contributed by atoms with Crippen LogP contribution in [0.15, 0.2) is 0 Å². The number of carbonyl (C=O) groups is 3. The number of ketones is 2. The Kier molecular flexibility index (Phi) is 5.93. The van der Waals surface area contributed by atoms with Crippen LogP contribution in [0.25, 0.3) is 0 Å². The smallest absolute Gasteiger partial charge is 0.307 e. The van der Waals surface area contributed by atoms with Crippen LogP contribution in [0.1, 0.15) is 40.5 Å². The van der Waals surface area contributed by atoms with Gasteiger partial charge in [-0.05, 0) is 0 Å². The van der Waals surface area contributed by atoms with Crippen molar-refractivity contribution in [3.63, 3.8) is 0 Å². The Morgan fingerprint density at radius 1 is 0.875 bits per heavy atom. The number of carboxylic acids is 1. The van der Waals surface area contributed by atoms with Crippen molar-refractivity contribution in [1.29, 1.82) is 0 Å². The molecule has 0 unspecified atom stereocenters. The molecule has 0 rings (SSSR count). The van der Waals surface area contributed by atoms with E-state index in [1.54, 1.807) is 27.7 Å². The van der Waals surface area contributed by atoms with E-state index < -0.39 is 11.9 Å². The summed E-state index contributed by atoms with van der Waals surface area (Å²) in [5.41, 5.74) is 0. The molecule has 0 heterocycles. The average molecular weight is 228 g/mol. The maximum absolute atomic E-state index is 11.4. The van der Waals surface area contributed by atoms with Crippen LogP contribution < -0.4 is 0 Å². The summed E-state index contributed by atoms with van der Waals surface area (Å²) in [6.45, 7) is 6.91. The van der Waals surface area contributed by atoms with Crippen LogP contribution in [0.5, 0.6) is 0 Å². The standard InChI is InChI=1S/C12H20O4/c1-7(2)10(13)5-9(12(15)16)6-11(14)8(3)4/h7-9H,5-6H2,1-4H3,(H,15,16). The first-order chi connectivity index (χ1) is 7.25. The first-order valence-electron chi connectivity index (χ1n) is 5.54. The summed E-state index contributed by atoms with van der Waals surface area (Å²) >= 11 is 0. The Morgan fingerprint density at radius 2 is 1.19 bits per heavy atom. The van der Waals surface area contributed by atoms with Gasteiger partial charge in [0, 0.05) is 24.7 Å². The molecule has 4 nitrogen and oxygen atoms in total. The van der Waals surface area contributed by atoms with Gasteiger partial charge in [-0.2, -0.15) is 0 Å². The maximum Gasteiger partial charge on any atom is 0.307 e. The minimum atomic E-state index is -1.07. The molecular weight excluding hydrogens is 208 g/mol. The molecule has 0 aliphatic heterocycles. The van der Waals surface area contributed by atoms with E-state index in [4.69, 9.17) is 5.11 Å². The van der Waals surface area contributed by atoms with Gasteiger partial charge >= 0.3 is 5.97 Å². The van der Waals surface area contributed by atoms with Gasteiger partial charge in [-0.1, -0.05) is 27.7 Å². The molecule has 0 aromatic heterocycles. The zero-order chi connectivity index (χ0) is 12.9. The molecule has 0 saturated heterocycles. The molecule has 0 aromatic carbocycles. The predicted molar refractivity (Wildman–Crippen MR) is 60.0 cm³/mol. The van der Waals surface area contributed by atoms with E-state index in [9.17, 15) is 14.4 Å². The summed E-state index contributed by atoms with van der Waals surface area (Å²) in [4.78, 5) is 33.8. The zero-order valence-corrected chi connectivity index (χ0v) is 10.3. The molecule has 0 bridgehead atoms. The number of hydrogen-bond donors (Lipinski definition) is 1. The molecule has 0 aliphatic rings. The number of carbonyl (C=O) groups excluding carboxylic acids is 2. The van der Waals surface area contributed by atoms with Crippen LogP contribution in [0.4, 0.5) is 0 Å². The van der Waals surface area contributed by atoms with E-state index in [1.165, 1.54) is 0 Å². The van der Waals surface area contributed by atoms with E-state index >= 15 is 0 Å². The number of carboxylic acid groups (broad SMARTS) is 1. The summed E-state index contributed by atoms with van der Waals surface area (Å²) in [7, 11) is 0. The Morgan fingerprint density at radius 3 is 1.38 bits per heavy atom. The van der Waals surface area contributed by atoms with Crippen molar-refractivity contribution < 1.29 is 19.5 Å². The largest absolute Gasteiger partial charge is 0.481 e. The Bertz CT molecular complexity index is 257. The van der Waals surface area contributed by atoms with Crippen LogP contribution in [0, 0.1) is 17.8 Å². The molecule has 1 N–H and O–H groups in total. The van der Waals surface area contributed by atoms with E-state index in [1.807, 2.05) is 0 Å². The van der Waals surface area contributed by atoms with Crippen LogP contribution in [-0.2, 0) is 14.4 Å². The highest BCUT2D eigenvalue weighted by molar-refractivity contribution is 5.89. The molecule has 92 valence electrons. The van der Waals surface area contributed by atoms with Gasteiger partial charge in [0.2, 0.25) is 0 Å². The van der Waals surface area contributed by atoms with Gasteiger partial charge < -0.3 is 5.11 Å². The predicted octanol–water partition coefficient (Wildman–Crippen LogP) is 1.92. The third-order valence-corrected chi connectivity index (χ3v) is 2.53. The Hall–Kier alpha value is -1.19. The fraction of sp³-hybridized carbons (Fsp3) is 0.750. The molecule has 0 spiro atoms. The van der Waals surface area contributed by atoms with Gasteiger partial charge in [-0.3, -0.25) is 14.4 Å². The van der Waals surface area contributed by atoms with Crippen molar-refractivity contribution in [3.8, 4) is 0 Å². The topological polar surface area (TPSA) is 71.4 Å². The number of aliphatic carboxylic acids is 1. The lowest BCUT2D eigenvalue weighted by molar-refractivity contribution is -0.146. The van der Waals surface area contributed by atoms with E-state index in [2.05, 4.69) is 0 Å². The van der Waals surface area contributed by atoms with Crippen molar-refractivity contribution in [2.45, 2.75) is 40.5 Å². The van der Waals surface area contributed by atoms with E-state index in [0.29, 0.717) is 0 Å². The summed E-state index contributed by atoms with van der Waals surface area (Å²) in [6.07, 6.45) is -0.100. The van der Waals surface area contributed by atoms with Gasteiger partial charge in [0.25, 0.3) is 0 Å². The number of Topliss-reactive ketones (excluding diaryl/α,β-unsaturated/α-hetero) is 2. The minimum Gasteiger partial charge on any atom is -0.481 e. The molecule has 0 aromatic rings. The van der Waals surface area contributed by atoms with Gasteiger partial charge in [0.1, 0.15) is 11.6 Å². The van der Waals surface area contributed by atoms with Gasteiger partial charge in [-0.15, -0.1) is 0 Å². The second-order valence-electron chi connectivity index (χ2n) is 4.69. The van der Waals surface area contributed by atoms with Crippen molar-refractivity contribution >= 4 is 17.5 Å². The van der Waals surface area contributed by atoms with Crippen molar-refractivity contribution in [1.82, 2.24) is 0 Å². The highest BCUT2D eigenvalue weighted by Gasteiger charge is 2.26. The summed E-state index contributed by atoms with van der Waals surface area (Å²) in [5.74, 6) is -2.52. The molecule has 0 atom stereocenters. The van der Waals surface area contributed by atoms with Crippen molar-refractivity contribution in [2.24, 2.45) is 17.8 Å². The normalized spacial score (nSPS) is 11.2. The second kappa shape index (κ2) is 6.40. The SMILES string of the molecule is CC(C)C(=O)CC(CC(=O)C(C)C)C(=O)O. The van der Waals surface area contributed by atoms with Crippen LogP contribution in [0.3, 0.4) is 0 Å². The average Bonchev–Trinajstić information content (AvgIpc) is 2.15. The summed E-state index contributed by atoms with van der Waals surface area (Å²) in [5, 5.41) is 8.93. The lowest BCUT2D eigenvalue weighted by atomic mass is 9.90. The minimum absolute atomic E-state index is 0.0501. The first-order valence-corrected chi connectivity index (χ1v) is 5.54. The van der Waals surface area contributed by atoms with Crippen LogP contribution in [-0.4, -0.2) is 22.6 Å². The summed E-state index contributed by atoms with van der Waals surface area (Å²) in [6, 6.07) is 0. The Balaban J connectivity index is 4.46. The number of rotatable bonds is 7. The molecule has 4 heteroatoms. The molecular formula is C12H20O4. The molecule has 0 amide bonds. The fourth-order valence-corrected chi connectivity index (χ4v) is 1.20. The maximum atomic E-state index is 11.4. The van der Waals surface area contributed by atoms with Crippen molar-refractivity contribution in [2.75, 3.05) is 0 Å². The monoisotopic (exact) mass is 228 g/mol. The second-order valence-corrected chi connectivity index (χ2v) is 4.69. The van der Waals surface area contributed by atoms with E-state index in [-0.39, 0.29) is 36.2 Å². The van der Waals surface area contributed by atoms with E-state index in [0.717, 1.165) is 0 Å². The lowest BCUT2D eigenvalue weighted by Crippen LogP contribution is -2.24. The van der Waals surface area contributed by atoms with Crippen molar-refractivity contribution in [3.05, 3.63) is 0 Å². The highest BCUT2D eigenvalue weighted by atomic mass is 16.4. The quantitative estimate of drug-likeness (QED) is 0.722. The van der Waals surface area contributed by atoms with Gasteiger partial charge in [0.15, 0.2) is 0 Å². The third-order valence-electron chi connectivity index (χ3n) is 2.53. The van der Waals surface area contributed by atoms with Gasteiger partial charge in [0.05, 0.1) is 5.92 Å². The first kappa shape index (κ1) is 14.8. The fourth-order valence-electron chi connectivity index (χ4n) is 1.20. The van der Waals surface area contributed by atoms with Crippen LogP contribution in [0.2, 0.25) is 0 Å². The molecule has 0 fully saturated rings. The lowest BCUT2D eigenvalue weighted by Gasteiger charge is -2.13. The third kappa shape index (κ3) is 5.05. The van der Waals surface area contributed by atoms with Gasteiger partial charge in [-0.25, -0.2) is 0 Å². The molecule has 0 radical (unpaired) electrons. The highest BCUT2D eigenvalue weighted by Crippen LogP contribution is 2.16. The summed E-state index contributed by atoms with van der Waals surface area (Å²) < 4.78 is 0. The zero-order valence-electron chi connectivity index (χ0n) is 10.3. The molecule has 16 heavy (non-hydrogen) atoms.